The van der Waals surface area contributed by atoms with Gasteiger partial charge in [0.1, 0.15) is 17.5 Å². The van der Waals surface area contributed by atoms with Gasteiger partial charge in [-0.05, 0) is 20.3 Å². The molecule has 0 saturated carbocycles. The van der Waals surface area contributed by atoms with E-state index in [-0.39, 0.29) is 17.3 Å². The van der Waals surface area contributed by atoms with Crippen LogP contribution in [-0.2, 0) is 14.4 Å². The van der Waals surface area contributed by atoms with Crippen molar-refractivity contribution in [3.63, 3.8) is 0 Å². The fraction of sp³-hybridized carbons (Fsp3) is 0.727. The van der Waals surface area contributed by atoms with E-state index in [9.17, 15) is 14.4 Å². The van der Waals surface area contributed by atoms with Crippen molar-refractivity contribution in [1.82, 2.24) is 0 Å². The number of hydrogen-bond acceptors (Lipinski definition) is 3. The van der Waals surface area contributed by atoms with E-state index in [4.69, 9.17) is 0 Å². The van der Waals surface area contributed by atoms with E-state index >= 15 is 0 Å². The van der Waals surface area contributed by atoms with Crippen molar-refractivity contribution in [3.05, 3.63) is 0 Å². The van der Waals surface area contributed by atoms with Crippen molar-refractivity contribution in [2.45, 2.75) is 46.5 Å². The average molecular weight is 198 g/mol. The van der Waals surface area contributed by atoms with Crippen LogP contribution in [0.15, 0.2) is 0 Å². The van der Waals surface area contributed by atoms with E-state index < -0.39 is 5.92 Å². The third-order valence-electron chi connectivity index (χ3n) is 2.16. The lowest BCUT2D eigenvalue weighted by atomic mass is 9.92. The van der Waals surface area contributed by atoms with E-state index in [0.717, 1.165) is 19.3 Å². The summed E-state index contributed by atoms with van der Waals surface area (Å²) >= 11 is 0. The highest BCUT2D eigenvalue weighted by atomic mass is 16.2. The van der Waals surface area contributed by atoms with E-state index in [1.807, 2.05) is 6.92 Å². The van der Waals surface area contributed by atoms with Crippen molar-refractivity contribution in [3.8, 4) is 0 Å². The number of Topliss-reactive ketones (excluding diaryl/α,β-unsaturated/α-hetero) is 3. The van der Waals surface area contributed by atoms with Gasteiger partial charge < -0.3 is 0 Å². The molecule has 0 aliphatic heterocycles. The largest absolute Gasteiger partial charge is 0.299 e. The summed E-state index contributed by atoms with van der Waals surface area (Å²) in [6.07, 6.45) is 3.11. The van der Waals surface area contributed by atoms with Crippen LogP contribution in [0.1, 0.15) is 46.5 Å². The standard InChI is InChI=1S/C11H18O3/c1-4-5-6-7-10(14)11(8(2)12)9(3)13/h11H,4-7H2,1-3H3. The molecule has 0 bridgehead atoms. The van der Waals surface area contributed by atoms with Gasteiger partial charge in [0.05, 0.1) is 0 Å². The highest BCUT2D eigenvalue weighted by molar-refractivity contribution is 6.18. The van der Waals surface area contributed by atoms with Gasteiger partial charge in [-0.1, -0.05) is 19.8 Å². The predicted octanol–water partition coefficient (Wildman–Crippen LogP) is 1.93. The average Bonchev–Trinajstić information content (AvgIpc) is 2.03. The quantitative estimate of drug-likeness (QED) is 0.464. The van der Waals surface area contributed by atoms with Gasteiger partial charge in [-0.2, -0.15) is 0 Å². The molecule has 0 aromatic heterocycles. The van der Waals surface area contributed by atoms with Gasteiger partial charge in [0.2, 0.25) is 0 Å². The molecule has 0 spiro atoms. The smallest absolute Gasteiger partial charge is 0.150 e. The normalized spacial score (nSPS) is 10.3. The highest BCUT2D eigenvalue weighted by Crippen LogP contribution is 2.09. The van der Waals surface area contributed by atoms with Crippen LogP contribution in [0.3, 0.4) is 0 Å². The van der Waals surface area contributed by atoms with Crippen LogP contribution in [-0.4, -0.2) is 17.3 Å². The van der Waals surface area contributed by atoms with Gasteiger partial charge in [0.15, 0.2) is 5.78 Å². The van der Waals surface area contributed by atoms with Crippen LogP contribution in [0.4, 0.5) is 0 Å². The molecule has 0 aliphatic rings. The molecule has 3 heteroatoms. The molecule has 0 fully saturated rings. The van der Waals surface area contributed by atoms with Crippen LogP contribution in [0.5, 0.6) is 0 Å². The minimum atomic E-state index is -1.01. The molecule has 3 nitrogen and oxygen atoms in total. The summed E-state index contributed by atoms with van der Waals surface area (Å²) in [5.74, 6) is -1.90. The van der Waals surface area contributed by atoms with Gasteiger partial charge in [0.25, 0.3) is 0 Å². The second-order valence-corrected chi connectivity index (χ2v) is 3.58. The Kier molecular flexibility index (Phi) is 6.00. The molecule has 80 valence electrons. The van der Waals surface area contributed by atoms with Crippen molar-refractivity contribution < 1.29 is 14.4 Å². The van der Waals surface area contributed by atoms with Crippen molar-refractivity contribution in [2.24, 2.45) is 5.92 Å². The summed E-state index contributed by atoms with van der Waals surface area (Å²) in [7, 11) is 0. The fourth-order valence-corrected chi connectivity index (χ4v) is 1.43. The number of ketones is 3. The lowest BCUT2D eigenvalue weighted by molar-refractivity contribution is -0.138. The summed E-state index contributed by atoms with van der Waals surface area (Å²) in [6.45, 7) is 4.63. The molecular weight excluding hydrogens is 180 g/mol. The van der Waals surface area contributed by atoms with Crippen LogP contribution < -0.4 is 0 Å². The Balaban J connectivity index is 4.17. The zero-order valence-corrected chi connectivity index (χ0v) is 9.13. The topological polar surface area (TPSA) is 51.2 Å². The van der Waals surface area contributed by atoms with E-state index in [1.54, 1.807) is 0 Å². The Bertz CT molecular complexity index is 217. The van der Waals surface area contributed by atoms with E-state index in [0.29, 0.717) is 6.42 Å². The molecule has 0 N–H and O–H groups in total. The summed E-state index contributed by atoms with van der Waals surface area (Å²) < 4.78 is 0. The molecule has 0 aromatic carbocycles. The van der Waals surface area contributed by atoms with Gasteiger partial charge in [-0.15, -0.1) is 0 Å². The zero-order valence-electron chi connectivity index (χ0n) is 9.13. The number of carbonyl (C=O) groups is 3. The maximum atomic E-state index is 11.5. The molecule has 0 rings (SSSR count). The maximum Gasteiger partial charge on any atom is 0.150 e. The van der Waals surface area contributed by atoms with E-state index in [1.165, 1.54) is 13.8 Å². The Labute approximate surface area is 84.9 Å². The number of rotatable bonds is 7. The molecule has 0 aromatic rings. The minimum absolute atomic E-state index is 0.224. The number of hydrogen-bond donors (Lipinski definition) is 0. The van der Waals surface area contributed by atoms with Gasteiger partial charge >= 0.3 is 0 Å². The van der Waals surface area contributed by atoms with E-state index in [2.05, 4.69) is 0 Å². The van der Waals surface area contributed by atoms with Gasteiger partial charge in [0, 0.05) is 6.42 Å². The van der Waals surface area contributed by atoms with Gasteiger partial charge in [-0.3, -0.25) is 14.4 Å². The molecule has 0 atom stereocenters. The Morgan fingerprint density at radius 1 is 1.00 bits per heavy atom. The molecule has 0 aliphatic carbocycles. The van der Waals surface area contributed by atoms with Crippen molar-refractivity contribution in [2.75, 3.05) is 0 Å². The maximum absolute atomic E-state index is 11.5. The lowest BCUT2D eigenvalue weighted by Gasteiger charge is -2.08. The summed E-state index contributed by atoms with van der Waals surface area (Å²) in [4.78, 5) is 33.5. The second kappa shape index (κ2) is 6.46. The molecule has 0 amide bonds. The molecule has 0 radical (unpaired) electrons. The summed E-state index contributed by atoms with van der Waals surface area (Å²) in [6, 6.07) is 0. The van der Waals surface area contributed by atoms with Crippen LogP contribution in [0, 0.1) is 5.92 Å². The first-order chi connectivity index (χ1) is 6.50. The SMILES string of the molecule is CCCCCC(=O)C(C(C)=O)C(C)=O. The molecule has 0 unspecified atom stereocenters. The Morgan fingerprint density at radius 3 is 1.86 bits per heavy atom. The minimum Gasteiger partial charge on any atom is -0.299 e. The third kappa shape index (κ3) is 4.30. The third-order valence-corrected chi connectivity index (χ3v) is 2.16. The van der Waals surface area contributed by atoms with Crippen LogP contribution in [0.25, 0.3) is 0 Å². The Hall–Kier alpha value is -0.990. The predicted molar refractivity (Wildman–Crippen MR) is 54.0 cm³/mol. The van der Waals surface area contributed by atoms with Gasteiger partial charge in [-0.25, -0.2) is 0 Å². The van der Waals surface area contributed by atoms with Crippen molar-refractivity contribution >= 4 is 17.3 Å². The highest BCUT2D eigenvalue weighted by Gasteiger charge is 2.26. The summed E-state index contributed by atoms with van der Waals surface area (Å²) in [5, 5.41) is 0. The lowest BCUT2D eigenvalue weighted by Crippen LogP contribution is -2.28. The van der Waals surface area contributed by atoms with Crippen molar-refractivity contribution in [1.29, 1.82) is 0 Å². The second-order valence-electron chi connectivity index (χ2n) is 3.58. The fourth-order valence-electron chi connectivity index (χ4n) is 1.43. The zero-order chi connectivity index (χ0) is 11.1. The number of carbonyl (C=O) groups excluding carboxylic acids is 3. The molecule has 14 heavy (non-hydrogen) atoms. The molecular formula is C11H18O3. The molecule has 0 heterocycles. The monoisotopic (exact) mass is 198 g/mol. The first kappa shape index (κ1) is 13.0. The summed E-state index contributed by atoms with van der Waals surface area (Å²) in [5.41, 5.74) is 0. The van der Waals surface area contributed by atoms with Crippen LogP contribution in [0.2, 0.25) is 0 Å². The first-order valence-corrected chi connectivity index (χ1v) is 5.04. The first-order valence-electron chi connectivity index (χ1n) is 5.04. The number of unbranched alkanes of at least 4 members (excludes halogenated alkanes) is 2. The van der Waals surface area contributed by atoms with Crippen LogP contribution >= 0.6 is 0 Å². The Morgan fingerprint density at radius 2 is 1.50 bits per heavy atom. The molecule has 0 saturated heterocycles.